The molecule has 7 nitrogen and oxygen atoms in total. The van der Waals surface area contributed by atoms with Gasteiger partial charge < -0.3 is 15.8 Å². The molecule has 1 aromatic carbocycles. The van der Waals surface area contributed by atoms with Crippen LogP contribution in [0.1, 0.15) is 12.8 Å². The molecule has 8 heteroatoms. The Balaban J connectivity index is 1.75. The van der Waals surface area contributed by atoms with Crippen molar-refractivity contribution in [2.45, 2.75) is 23.8 Å². The van der Waals surface area contributed by atoms with E-state index in [4.69, 9.17) is 10.5 Å². The van der Waals surface area contributed by atoms with Gasteiger partial charge in [-0.2, -0.15) is 0 Å². The number of benzene rings is 1. The van der Waals surface area contributed by atoms with E-state index < -0.39 is 10.0 Å². The SMILES string of the molecule is NC(CNS(=O)(=O)c1ccc2c(c1)NC(=O)CO2)C1CC1. The van der Waals surface area contributed by atoms with Crippen LogP contribution in [0.4, 0.5) is 5.69 Å². The van der Waals surface area contributed by atoms with E-state index in [1.165, 1.54) is 18.2 Å². The molecular weight excluding hydrogens is 294 g/mol. The lowest BCUT2D eigenvalue weighted by molar-refractivity contribution is -0.118. The van der Waals surface area contributed by atoms with Crippen LogP contribution in [0.15, 0.2) is 23.1 Å². The first-order chi connectivity index (χ1) is 9.95. The summed E-state index contributed by atoms with van der Waals surface area (Å²) in [6.07, 6.45) is 2.12. The van der Waals surface area contributed by atoms with Crippen LogP contribution in [-0.4, -0.2) is 33.5 Å². The summed E-state index contributed by atoms with van der Waals surface area (Å²) in [5, 5.41) is 2.58. The lowest BCUT2D eigenvalue weighted by atomic mass is 10.2. The van der Waals surface area contributed by atoms with E-state index >= 15 is 0 Å². The standard InChI is InChI=1S/C13H17N3O4S/c14-10(8-1-2-8)6-15-21(18,19)9-3-4-12-11(5-9)16-13(17)7-20-12/h3-5,8,10,15H,1-2,6-7,14H2,(H,16,17). The zero-order valence-electron chi connectivity index (χ0n) is 11.3. The first-order valence-corrected chi connectivity index (χ1v) is 8.26. The Morgan fingerprint density at radius 3 is 2.90 bits per heavy atom. The molecular formula is C13H17N3O4S. The van der Waals surface area contributed by atoms with Gasteiger partial charge in [0.25, 0.3) is 5.91 Å². The molecule has 2 aliphatic rings. The van der Waals surface area contributed by atoms with Gasteiger partial charge >= 0.3 is 0 Å². The van der Waals surface area contributed by atoms with Crippen LogP contribution in [0, 0.1) is 5.92 Å². The van der Waals surface area contributed by atoms with Gasteiger partial charge in [0.1, 0.15) is 5.75 Å². The molecule has 1 aliphatic heterocycles. The minimum absolute atomic E-state index is 0.0619. The summed E-state index contributed by atoms with van der Waals surface area (Å²) in [5.74, 6) is 0.577. The van der Waals surface area contributed by atoms with Crippen molar-refractivity contribution in [3.63, 3.8) is 0 Å². The fourth-order valence-electron chi connectivity index (χ4n) is 2.21. The lowest BCUT2D eigenvalue weighted by Gasteiger charge is -2.19. The van der Waals surface area contributed by atoms with Crippen molar-refractivity contribution in [3.8, 4) is 5.75 Å². The monoisotopic (exact) mass is 311 g/mol. The molecule has 4 N–H and O–H groups in total. The second-order valence-electron chi connectivity index (χ2n) is 5.35. The van der Waals surface area contributed by atoms with E-state index in [2.05, 4.69) is 10.0 Å². The van der Waals surface area contributed by atoms with Gasteiger partial charge in [0, 0.05) is 12.6 Å². The van der Waals surface area contributed by atoms with Crippen LogP contribution in [0.2, 0.25) is 0 Å². The number of carbonyl (C=O) groups is 1. The predicted octanol–water partition coefficient (Wildman–Crippen LogP) is 0.0331. The average molecular weight is 311 g/mol. The summed E-state index contributed by atoms with van der Waals surface area (Å²) in [6.45, 7) is 0.153. The molecule has 3 rings (SSSR count). The molecule has 1 saturated carbocycles. The normalized spacial score (nSPS) is 19.4. The summed E-state index contributed by atoms with van der Waals surface area (Å²) in [5.41, 5.74) is 6.25. The van der Waals surface area contributed by atoms with E-state index in [0.29, 0.717) is 17.4 Å². The Morgan fingerprint density at radius 2 is 2.19 bits per heavy atom. The number of amides is 1. The summed E-state index contributed by atoms with van der Waals surface area (Å²) in [4.78, 5) is 11.3. The van der Waals surface area contributed by atoms with Crippen LogP contribution in [-0.2, 0) is 14.8 Å². The highest BCUT2D eigenvalue weighted by Crippen LogP contribution is 2.32. The van der Waals surface area contributed by atoms with Gasteiger partial charge in [-0.1, -0.05) is 0 Å². The van der Waals surface area contributed by atoms with Crippen LogP contribution < -0.4 is 20.5 Å². The van der Waals surface area contributed by atoms with Crippen molar-refractivity contribution >= 4 is 21.6 Å². The Labute approximate surface area is 122 Å². The molecule has 1 heterocycles. The van der Waals surface area contributed by atoms with Gasteiger partial charge in [-0.3, -0.25) is 4.79 Å². The molecule has 1 atom stereocenters. The van der Waals surface area contributed by atoms with Gasteiger partial charge in [-0.25, -0.2) is 13.1 Å². The fraction of sp³-hybridized carbons (Fsp3) is 0.462. The minimum atomic E-state index is -3.65. The largest absolute Gasteiger partial charge is 0.482 e. The van der Waals surface area contributed by atoms with Crippen molar-refractivity contribution < 1.29 is 17.9 Å². The highest BCUT2D eigenvalue weighted by molar-refractivity contribution is 7.89. The third-order valence-corrected chi connectivity index (χ3v) is 5.05. The number of fused-ring (bicyclic) bond motifs is 1. The summed E-state index contributed by atoms with van der Waals surface area (Å²) in [6, 6.07) is 4.21. The van der Waals surface area contributed by atoms with E-state index in [1.54, 1.807) is 0 Å². The van der Waals surface area contributed by atoms with E-state index in [1.807, 2.05) is 0 Å². The number of anilines is 1. The minimum Gasteiger partial charge on any atom is -0.482 e. The molecule has 1 aromatic rings. The Kier molecular flexibility index (Phi) is 3.60. The zero-order valence-corrected chi connectivity index (χ0v) is 12.2. The molecule has 1 aliphatic carbocycles. The molecule has 21 heavy (non-hydrogen) atoms. The topological polar surface area (TPSA) is 111 Å². The van der Waals surface area contributed by atoms with Gasteiger partial charge in [0.2, 0.25) is 10.0 Å². The number of ether oxygens (including phenoxy) is 1. The van der Waals surface area contributed by atoms with E-state index in [9.17, 15) is 13.2 Å². The molecule has 1 fully saturated rings. The van der Waals surface area contributed by atoms with Crippen molar-refractivity contribution in [1.29, 1.82) is 0 Å². The molecule has 114 valence electrons. The molecule has 0 saturated heterocycles. The van der Waals surface area contributed by atoms with Gasteiger partial charge in [-0.05, 0) is 37.0 Å². The molecule has 0 aromatic heterocycles. The summed E-state index contributed by atoms with van der Waals surface area (Å²) < 4.78 is 32.2. The molecule has 0 radical (unpaired) electrons. The maximum absolute atomic E-state index is 12.2. The highest BCUT2D eigenvalue weighted by atomic mass is 32.2. The second kappa shape index (κ2) is 5.28. The van der Waals surface area contributed by atoms with Crippen LogP contribution in [0.3, 0.4) is 0 Å². The maximum atomic E-state index is 12.2. The quantitative estimate of drug-likeness (QED) is 0.711. The van der Waals surface area contributed by atoms with Gasteiger partial charge in [0.15, 0.2) is 6.61 Å². The number of carbonyl (C=O) groups excluding carboxylic acids is 1. The smallest absolute Gasteiger partial charge is 0.262 e. The number of nitrogens with two attached hydrogens (primary N) is 1. The summed E-state index contributed by atoms with van der Waals surface area (Å²) >= 11 is 0. The van der Waals surface area contributed by atoms with Gasteiger partial charge in [-0.15, -0.1) is 0 Å². The number of nitrogens with one attached hydrogen (secondary N) is 2. The fourth-order valence-corrected chi connectivity index (χ4v) is 3.31. The zero-order chi connectivity index (χ0) is 15.0. The van der Waals surface area contributed by atoms with E-state index in [-0.39, 0.29) is 30.0 Å². The molecule has 0 spiro atoms. The maximum Gasteiger partial charge on any atom is 0.262 e. The number of hydrogen-bond acceptors (Lipinski definition) is 5. The molecule has 1 amide bonds. The first-order valence-electron chi connectivity index (χ1n) is 6.78. The number of sulfonamides is 1. The molecule has 0 bridgehead atoms. The van der Waals surface area contributed by atoms with Crippen LogP contribution in [0.25, 0.3) is 0 Å². The Hall–Kier alpha value is -1.64. The van der Waals surface area contributed by atoms with E-state index in [0.717, 1.165) is 12.8 Å². The summed E-state index contributed by atoms with van der Waals surface area (Å²) in [7, 11) is -3.65. The second-order valence-corrected chi connectivity index (χ2v) is 7.11. The third kappa shape index (κ3) is 3.17. The van der Waals surface area contributed by atoms with Gasteiger partial charge in [0.05, 0.1) is 10.6 Å². The highest BCUT2D eigenvalue weighted by Gasteiger charge is 2.29. The Bertz CT molecular complexity index is 670. The Morgan fingerprint density at radius 1 is 1.43 bits per heavy atom. The van der Waals surface area contributed by atoms with Crippen molar-refractivity contribution in [3.05, 3.63) is 18.2 Å². The average Bonchev–Trinajstić information content (AvgIpc) is 3.28. The van der Waals surface area contributed by atoms with Crippen LogP contribution >= 0.6 is 0 Å². The third-order valence-electron chi connectivity index (χ3n) is 3.63. The van der Waals surface area contributed by atoms with Crippen molar-refractivity contribution in [2.24, 2.45) is 11.7 Å². The number of hydrogen-bond donors (Lipinski definition) is 3. The number of rotatable bonds is 5. The predicted molar refractivity (Wildman–Crippen MR) is 76.5 cm³/mol. The molecule has 1 unspecified atom stereocenters. The van der Waals surface area contributed by atoms with Crippen LogP contribution in [0.5, 0.6) is 5.75 Å². The lowest BCUT2D eigenvalue weighted by Crippen LogP contribution is -2.38. The first kappa shape index (κ1) is 14.3. The van der Waals surface area contributed by atoms with Crippen molar-refractivity contribution in [2.75, 3.05) is 18.5 Å². The van der Waals surface area contributed by atoms with Crippen molar-refractivity contribution in [1.82, 2.24) is 4.72 Å².